The quantitative estimate of drug-likeness (QED) is 0.786. The Kier molecular flexibility index (Phi) is 2.27. The van der Waals surface area contributed by atoms with Crippen molar-refractivity contribution in [2.75, 3.05) is 0 Å². The zero-order chi connectivity index (χ0) is 11.1. The second-order valence-corrected chi connectivity index (χ2v) is 5.13. The lowest BCUT2D eigenvalue weighted by Crippen LogP contribution is -2.00. The number of thiophene rings is 1. The fraction of sp³-hybridized carbons (Fsp3) is 0.250. The molecule has 0 aliphatic heterocycles. The fourth-order valence-corrected chi connectivity index (χ4v) is 2.42. The van der Waals surface area contributed by atoms with Crippen molar-refractivity contribution in [1.82, 2.24) is 0 Å². The van der Waals surface area contributed by atoms with Crippen molar-refractivity contribution in [2.45, 2.75) is 13.8 Å². The van der Waals surface area contributed by atoms with Crippen LogP contribution >= 0.6 is 11.3 Å². The van der Waals surface area contributed by atoms with Crippen LogP contribution in [0.5, 0.6) is 0 Å². The van der Waals surface area contributed by atoms with E-state index in [-0.39, 0.29) is 5.41 Å². The van der Waals surface area contributed by atoms with Crippen LogP contribution in [0.2, 0.25) is 0 Å². The van der Waals surface area contributed by atoms with E-state index in [1.165, 1.54) is 11.3 Å². The first-order valence-corrected chi connectivity index (χ1v) is 5.61. The molecular formula is C12H12O2S. The molecule has 0 amide bonds. The second-order valence-electron chi connectivity index (χ2n) is 4.22. The van der Waals surface area contributed by atoms with Gasteiger partial charge in [0.05, 0.1) is 5.56 Å². The molecule has 2 rings (SSSR count). The van der Waals surface area contributed by atoms with E-state index in [1.54, 1.807) is 5.38 Å². The number of aromatic carboxylic acids is 1. The highest BCUT2D eigenvalue weighted by atomic mass is 32.1. The molecule has 1 aromatic heterocycles. The van der Waals surface area contributed by atoms with Gasteiger partial charge in [-0.05, 0) is 6.08 Å². The maximum atomic E-state index is 11.0. The molecule has 1 aliphatic rings. The van der Waals surface area contributed by atoms with Crippen LogP contribution in [0.1, 0.15) is 34.6 Å². The van der Waals surface area contributed by atoms with Crippen LogP contribution in [0.4, 0.5) is 0 Å². The summed E-state index contributed by atoms with van der Waals surface area (Å²) in [5.74, 6) is -0.856. The van der Waals surface area contributed by atoms with Gasteiger partial charge < -0.3 is 5.11 Å². The van der Waals surface area contributed by atoms with Gasteiger partial charge in [-0.2, -0.15) is 0 Å². The standard InChI is InChI=1S/C12H12O2S/c1-12(2)5-3-8-9(11(13)14)7-15-10(8)4-6-12/h3-7H,1-2H3,(H,13,14). The van der Waals surface area contributed by atoms with Crippen molar-refractivity contribution < 1.29 is 9.90 Å². The van der Waals surface area contributed by atoms with Crippen molar-refractivity contribution in [2.24, 2.45) is 5.41 Å². The number of carbonyl (C=O) groups is 1. The Hall–Kier alpha value is -1.35. The molecule has 0 aromatic carbocycles. The maximum absolute atomic E-state index is 11.0. The van der Waals surface area contributed by atoms with Gasteiger partial charge in [-0.3, -0.25) is 0 Å². The van der Waals surface area contributed by atoms with Gasteiger partial charge in [0.25, 0.3) is 0 Å². The molecule has 0 unspecified atom stereocenters. The van der Waals surface area contributed by atoms with Gasteiger partial charge in [0.15, 0.2) is 0 Å². The summed E-state index contributed by atoms with van der Waals surface area (Å²) in [6, 6.07) is 0. The van der Waals surface area contributed by atoms with Crippen molar-refractivity contribution in [1.29, 1.82) is 0 Å². The highest BCUT2D eigenvalue weighted by molar-refractivity contribution is 7.11. The third kappa shape index (κ3) is 1.88. The number of hydrogen-bond donors (Lipinski definition) is 1. The molecule has 1 aliphatic carbocycles. The van der Waals surface area contributed by atoms with Crippen molar-refractivity contribution in [3.05, 3.63) is 33.5 Å². The third-order valence-electron chi connectivity index (χ3n) is 2.43. The van der Waals surface area contributed by atoms with Gasteiger partial charge in [-0.25, -0.2) is 4.79 Å². The number of allylic oxidation sites excluding steroid dienone is 2. The lowest BCUT2D eigenvalue weighted by molar-refractivity contribution is 0.0697. The highest BCUT2D eigenvalue weighted by Crippen LogP contribution is 2.32. The molecule has 0 fully saturated rings. The Bertz CT molecular complexity index is 464. The topological polar surface area (TPSA) is 37.3 Å². The lowest BCUT2D eigenvalue weighted by Gasteiger charge is -2.12. The van der Waals surface area contributed by atoms with Crippen LogP contribution in [-0.4, -0.2) is 11.1 Å². The van der Waals surface area contributed by atoms with E-state index in [0.717, 1.165) is 10.4 Å². The highest BCUT2D eigenvalue weighted by Gasteiger charge is 2.18. The van der Waals surface area contributed by atoms with Gasteiger partial charge in [-0.1, -0.05) is 32.1 Å². The van der Waals surface area contributed by atoms with E-state index in [4.69, 9.17) is 5.11 Å². The third-order valence-corrected chi connectivity index (χ3v) is 3.40. The van der Waals surface area contributed by atoms with E-state index in [0.29, 0.717) is 5.56 Å². The molecule has 0 saturated heterocycles. The van der Waals surface area contributed by atoms with Gasteiger partial charge in [0.2, 0.25) is 0 Å². The van der Waals surface area contributed by atoms with Crippen LogP contribution in [0, 0.1) is 5.41 Å². The first kappa shape index (κ1) is 10.2. The predicted molar refractivity (Wildman–Crippen MR) is 63.1 cm³/mol. The number of hydrogen-bond acceptors (Lipinski definition) is 2. The zero-order valence-electron chi connectivity index (χ0n) is 8.65. The minimum atomic E-state index is -0.856. The summed E-state index contributed by atoms with van der Waals surface area (Å²) in [5, 5.41) is 10.7. The molecule has 1 heterocycles. The Morgan fingerprint density at radius 2 is 2.00 bits per heavy atom. The molecule has 3 heteroatoms. The first-order chi connectivity index (χ1) is 6.99. The van der Waals surface area contributed by atoms with Gasteiger partial charge in [0.1, 0.15) is 0 Å². The van der Waals surface area contributed by atoms with Gasteiger partial charge in [-0.15, -0.1) is 11.3 Å². The Labute approximate surface area is 92.6 Å². The van der Waals surface area contributed by atoms with E-state index < -0.39 is 5.97 Å². The lowest BCUT2D eigenvalue weighted by atomic mass is 9.93. The summed E-state index contributed by atoms with van der Waals surface area (Å²) in [5.41, 5.74) is 1.22. The molecule has 1 aromatic rings. The van der Waals surface area contributed by atoms with Gasteiger partial charge >= 0.3 is 5.97 Å². The van der Waals surface area contributed by atoms with E-state index in [9.17, 15) is 4.79 Å². The molecular weight excluding hydrogens is 208 g/mol. The molecule has 0 bridgehead atoms. The molecule has 0 atom stereocenters. The average Bonchev–Trinajstić information content (AvgIpc) is 2.49. The predicted octanol–water partition coefficient (Wildman–Crippen LogP) is 3.51. The van der Waals surface area contributed by atoms with E-state index >= 15 is 0 Å². The Morgan fingerprint density at radius 3 is 2.67 bits per heavy atom. The Balaban J connectivity index is 2.55. The minimum absolute atomic E-state index is 0.00544. The molecule has 0 spiro atoms. The summed E-state index contributed by atoms with van der Waals surface area (Å²) in [4.78, 5) is 12.0. The minimum Gasteiger partial charge on any atom is -0.478 e. The molecule has 15 heavy (non-hydrogen) atoms. The molecule has 0 saturated carbocycles. The first-order valence-electron chi connectivity index (χ1n) is 4.73. The number of fused-ring (bicyclic) bond motifs is 1. The van der Waals surface area contributed by atoms with Crippen LogP contribution in [0.15, 0.2) is 17.5 Å². The SMILES string of the molecule is CC1(C)C=Cc2scc(C(=O)O)c2C=C1. The summed E-state index contributed by atoms with van der Waals surface area (Å²) in [7, 11) is 0. The van der Waals surface area contributed by atoms with Crippen LogP contribution < -0.4 is 0 Å². The monoisotopic (exact) mass is 220 g/mol. The van der Waals surface area contributed by atoms with Gasteiger partial charge in [0, 0.05) is 21.2 Å². The normalized spacial score (nSPS) is 17.2. The second kappa shape index (κ2) is 3.35. The summed E-state index contributed by atoms with van der Waals surface area (Å²) >= 11 is 1.48. The maximum Gasteiger partial charge on any atom is 0.337 e. The summed E-state index contributed by atoms with van der Waals surface area (Å²) in [6.07, 6.45) is 8.05. The zero-order valence-corrected chi connectivity index (χ0v) is 9.47. The smallest absolute Gasteiger partial charge is 0.337 e. The van der Waals surface area contributed by atoms with E-state index in [2.05, 4.69) is 19.9 Å². The Morgan fingerprint density at radius 1 is 1.33 bits per heavy atom. The number of carboxylic acid groups (broad SMARTS) is 1. The van der Waals surface area contributed by atoms with Crippen LogP contribution in [0.25, 0.3) is 12.2 Å². The largest absolute Gasteiger partial charge is 0.478 e. The number of rotatable bonds is 1. The van der Waals surface area contributed by atoms with Crippen molar-refractivity contribution in [3.8, 4) is 0 Å². The molecule has 2 nitrogen and oxygen atoms in total. The molecule has 78 valence electrons. The average molecular weight is 220 g/mol. The molecule has 1 N–H and O–H groups in total. The summed E-state index contributed by atoms with van der Waals surface area (Å²) in [6.45, 7) is 4.19. The number of carboxylic acids is 1. The van der Waals surface area contributed by atoms with Crippen LogP contribution in [0.3, 0.4) is 0 Å². The summed E-state index contributed by atoms with van der Waals surface area (Å²) < 4.78 is 0. The molecule has 0 radical (unpaired) electrons. The fourth-order valence-electron chi connectivity index (χ4n) is 1.49. The van der Waals surface area contributed by atoms with Crippen molar-refractivity contribution in [3.63, 3.8) is 0 Å². The van der Waals surface area contributed by atoms with Crippen molar-refractivity contribution >= 4 is 29.5 Å². The van der Waals surface area contributed by atoms with Crippen LogP contribution in [-0.2, 0) is 0 Å². The van der Waals surface area contributed by atoms with E-state index in [1.807, 2.05) is 18.2 Å².